The van der Waals surface area contributed by atoms with Crippen LogP contribution in [-0.4, -0.2) is 5.78 Å². The summed E-state index contributed by atoms with van der Waals surface area (Å²) in [6.07, 6.45) is 2.87. The molecule has 0 fully saturated rings. The van der Waals surface area contributed by atoms with Gasteiger partial charge >= 0.3 is 0 Å². The lowest BCUT2D eigenvalue weighted by atomic mass is 10.00. The Bertz CT molecular complexity index is 371. The van der Waals surface area contributed by atoms with Crippen molar-refractivity contribution in [2.45, 2.75) is 26.2 Å². The summed E-state index contributed by atoms with van der Waals surface area (Å²) in [6, 6.07) is 5.61. The van der Waals surface area contributed by atoms with Crippen molar-refractivity contribution >= 4 is 17.4 Å². The third-order valence-electron chi connectivity index (χ3n) is 2.84. The van der Waals surface area contributed by atoms with Crippen LogP contribution in [0, 0.1) is 5.92 Å². The minimum atomic E-state index is 0.176. The van der Waals surface area contributed by atoms with E-state index in [4.69, 9.17) is 11.6 Å². The van der Waals surface area contributed by atoms with Crippen LogP contribution < -0.4 is 0 Å². The molecule has 0 aromatic heterocycles. The van der Waals surface area contributed by atoms with Crippen LogP contribution in [0.1, 0.15) is 35.7 Å². The highest BCUT2D eigenvalue weighted by molar-refractivity contribution is 6.32. The van der Waals surface area contributed by atoms with Crippen molar-refractivity contribution in [2.24, 2.45) is 5.92 Å². The molecule has 1 nitrogen and oxygen atoms in total. The summed E-state index contributed by atoms with van der Waals surface area (Å²) in [4.78, 5) is 11.9. The van der Waals surface area contributed by atoms with E-state index in [0.717, 1.165) is 35.4 Å². The summed E-state index contributed by atoms with van der Waals surface area (Å²) in [5, 5.41) is 0.745. The Morgan fingerprint density at radius 2 is 2.29 bits per heavy atom. The molecule has 2 heteroatoms. The maximum Gasteiger partial charge on any atom is 0.166 e. The number of carbonyl (C=O) groups excluding carboxylic acids is 1. The van der Waals surface area contributed by atoms with Gasteiger partial charge in [0.2, 0.25) is 0 Å². The number of hydrogen-bond donors (Lipinski definition) is 0. The van der Waals surface area contributed by atoms with Crippen LogP contribution in [0.2, 0.25) is 5.02 Å². The molecule has 14 heavy (non-hydrogen) atoms. The van der Waals surface area contributed by atoms with E-state index in [0.29, 0.717) is 0 Å². The summed E-state index contributed by atoms with van der Waals surface area (Å²) in [5.41, 5.74) is 1.90. The summed E-state index contributed by atoms with van der Waals surface area (Å²) >= 11 is 6.05. The molecule has 1 aromatic carbocycles. The van der Waals surface area contributed by atoms with Crippen molar-refractivity contribution in [3.8, 4) is 0 Å². The molecular weight excluding hydrogens is 196 g/mol. The van der Waals surface area contributed by atoms with Crippen molar-refractivity contribution in [3.63, 3.8) is 0 Å². The molecule has 1 aliphatic carbocycles. The molecule has 0 aliphatic heterocycles. The second-order valence-corrected chi connectivity index (χ2v) is 4.23. The number of fused-ring (bicyclic) bond motifs is 1. The molecule has 1 aromatic rings. The van der Waals surface area contributed by atoms with Crippen LogP contribution in [0.3, 0.4) is 0 Å². The van der Waals surface area contributed by atoms with Crippen LogP contribution in [0.25, 0.3) is 0 Å². The molecule has 0 radical (unpaired) electrons. The Morgan fingerprint density at radius 1 is 1.50 bits per heavy atom. The van der Waals surface area contributed by atoms with Crippen LogP contribution in [0.4, 0.5) is 0 Å². The summed E-state index contributed by atoms with van der Waals surface area (Å²) < 4.78 is 0. The Morgan fingerprint density at radius 3 is 2.93 bits per heavy atom. The minimum absolute atomic E-state index is 0.176. The van der Waals surface area contributed by atoms with E-state index in [-0.39, 0.29) is 11.7 Å². The average molecular weight is 209 g/mol. The Balaban J connectivity index is 2.35. The van der Waals surface area contributed by atoms with Gasteiger partial charge in [-0.15, -0.1) is 0 Å². The molecule has 1 aliphatic rings. The van der Waals surface area contributed by atoms with Gasteiger partial charge in [-0.2, -0.15) is 0 Å². The van der Waals surface area contributed by atoms with E-state index in [1.165, 1.54) is 0 Å². The molecule has 0 unspecified atom stereocenters. The molecule has 0 N–H and O–H groups in total. The van der Waals surface area contributed by atoms with Crippen molar-refractivity contribution in [1.29, 1.82) is 0 Å². The second-order valence-electron chi connectivity index (χ2n) is 3.82. The molecule has 74 valence electrons. The van der Waals surface area contributed by atoms with Gasteiger partial charge in [0.1, 0.15) is 0 Å². The predicted molar refractivity (Wildman–Crippen MR) is 57.9 cm³/mol. The van der Waals surface area contributed by atoms with Crippen molar-refractivity contribution in [2.75, 3.05) is 0 Å². The maximum absolute atomic E-state index is 11.9. The molecule has 0 heterocycles. The number of Topliss-reactive ketones (excluding diaryl/α,β-unsaturated/α-hetero) is 1. The van der Waals surface area contributed by atoms with Crippen LogP contribution in [0.15, 0.2) is 18.2 Å². The number of rotatable bonds is 2. The van der Waals surface area contributed by atoms with E-state index >= 15 is 0 Å². The molecule has 0 saturated heterocycles. The standard InChI is InChI=1S/C12H13ClO/c1-2-4-8-7-10-9(12(8)14)5-3-6-11(10)13/h3,5-6,8H,2,4,7H2,1H3/t8-/m0/s1. The first kappa shape index (κ1) is 9.72. The van der Waals surface area contributed by atoms with E-state index in [9.17, 15) is 4.79 Å². The molecule has 2 rings (SSSR count). The summed E-state index contributed by atoms with van der Waals surface area (Å²) in [5.74, 6) is 0.458. The van der Waals surface area contributed by atoms with Crippen LogP contribution in [0.5, 0.6) is 0 Å². The molecule has 1 atom stereocenters. The Hall–Kier alpha value is -0.820. The van der Waals surface area contributed by atoms with Gasteiger partial charge in [-0.25, -0.2) is 0 Å². The monoisotopic (exact) mass is 208 g/mol. The molecule has 0 bridgehead atoms. The predicted octanol–water partition coefficient (Wildman–Crippen LogP) is 3.50. The zero-order chi connectivity index (χ0) is 10.1. The number of carbonyl (C=O) groups is 1. The third kappa shape index (κ3) is 1.46. The Kier molecular flexibility index (Phi) is 2.60. The fraction of sp³-hybridized carbons (Fsp3) is 0.417. The highest BCUT2D eigenvalue weighted by Crippen LogP contribution is 2.33. The molecular formula is C12H13ClO. The lowest BCUT2D eigenvalue weighted by Crippen LogP contribution is -2.07. The molecule has 0 saturated carbocycles. The quantitative estimate of drug-likeness (QED) is 0.727. The number of hydrogen-bond acceptors (Lipinski definition) is 1. The zero-order valence-electron chi connectivity index (χ0n) is 8.22. The lowest BCUT2D eigenvalue weighted by molar-refractivity contribution is 0.0930. The summed E-state index contributed by atoms with van der Waals surface area (Å²) in [7, 11) is 0. The van der Waals surface area contributed by atoms with Gasteiger partial charge in [0.05, 0.1) is 0 Å². The zero-order valence-corrected chi connectivity index (χ0v) is 8.97. The van der Waals surface area contributed by atoms with Gasteiger partial charge < -0.3 is 0 Å². The van der Waals surface area contributed by atoms with Gasteiger partial charge in [0.25, 0.3) is 0 Å². The SMILES string of the molecule is CCC[C@H]1Cc2c(Cl)cccc2C1=O. The van der Waals surface area contributed by atoms with Gasteiger partial charge in [0, 0.05) is 16.5 Å². The maximum atomic E-state index is 11.9. The number of ketones is 1. The van der Waals surface area contributed by atoms with Gasteiger partial charge in [-0.05, 0) is 24.5 Å². The van der Waals surface area contributed by atoms with Crippen molar-refractivity contribution < 1.29 is 4.79 Å². The van der Waals surface area contributed by atoms with E-state index in [2.05, 4.69) is 6.92 Å². The molecule has 0 amide bonds. The van der Waals surface area contributed by atoms with Crippen molar-refractivity contribution in [1.82, 2.24) is 0 Å². The van der Waals surface area contributed by atoms with Gasteiger partial charge in [-0.1, -0.05) is 37.1 Å². The van der Waals surface area contributed by atoms with E-state index in [1.807, 2.05) is 18.2 Å². The number of benzene rings is 1. The largest absolute Gasteiger partial charge is 0.294 e. The van der Waals surface area contributed by atoms with Crippen LogP contribution >= 0.6 is 11.6 Å². The van der Waals surface area contributed by atoms with Gasteiger partial charge in [-0.3, -0.25) is 4.79 Å². The topological polar surface area (TPSA) is 17.1 Å². The van der Waals surface area contributed by atoms with E-state index in [1.54, 1.807) is 0 Å². The minimum Gasteiger partial charge on any atom is -0.294 e. The molecule has 0 spiro atoms. The smallest absolute Gasteiger partial charge is 0.166 e. The first-order valence-electron chi connectivity index (χ1n) is 5.05. The fourth-order valence-corrected chi connectivity index (χ4v) is 2.39. The highest BCUT2D eigenvalue weighted by Gasteiger charge is 2.30. The van der Waals surface area contributed by atoms with Crippen molar-refractivity contribution in [3.05, 3.63) is 34.3 Å². The van der Waals surface area contributed by atoms with E-state index < -0.39 is 0 Å². The van der Waals surface area contributed by atoms with Crippen LogP contribution in [-0.2, 0) is 6.42 Å². The lowest BCUT2D eigenvalue weighted by Gasteiger charge is -2.03. The Labute approximate surface area is 89.1 Å². The first-order valence-corrected chi connectivity index (χ1v) is 5.43. The fourth-order valence-electron chi connectivity index (χ4n) is 2.14. The highest BCUT2D eigenvalue weighted by atomic mass is 35.5. The average Bonchev–Trinajstić information content (AvgIpc) is 2.48. The second kappa shape index (κ2) is 3.74. The van der Waals surface area contributed by atoms with Gasteiger partial charge in [0.15, 0.2) is 5.78 Å². The number of halogens is 1. The summed E-state index contributed by atoms with van der Waals surface area (Å²) in [6.45, 7) is 2.11. The third-order valence-corrected chi connectivity index (χ3v) is 3.20. The first-order chi connectivity index (χ1) is 6.74. The normalized spacial score (nSPS) is 19.9.